The summed E-state index contributed by atoms with van der Waals surface area (Å²) < 4.78 is 28.0. The molecule has 112 valence electrons. The van der Waals surface area contributed by atoms with Crippen LogP contribution in [0.15, 0.2) is 45.8 Å². The SMILES string of the molecule is Cc1c(Cl)cccc1NS(=O)(=O)c1ccc(CN)cc1Br. The number of nitrogens with one attached hydrogen (secondary N) is 1. The van der Waals surface area contributed by atoms with Crippen LogP contribution in [0.1, 0.15) is 11.1 Å². The predicted molar refractivity (Wildman–Crippen MR) is 89.0 cm³/mol. The Hall–Kier alpha value is -1.08. The Kier molecular flexibility index (Phi) is 4.93. The minimum Gasteiger partial charge on any atom is -0.326 e. The van der Waals surface area contributed by atoms with Gasteiger partial charge < -0.3 is 5.73 Å². The second-order valence-electron chi connectivity index (χ2n) is 4.49. The largest absolute Gasteiger partial charge is 0.326 e. The fourth-order valence-electron chi connectivity index (χ4n) is 1.81. The summed E-state index contributed by atoms with van der Waals surface area (Å²) in [5.74, 6) is 0. The summed E-state index contributed by atoms with van der Waals surface area (Å²) in [6.07, 6.45) is 0. The summed E-state index contributed by atoms with van der Waals surface area (Å²) in [5, 5.41) is 0.507. The number of hydrogen-bond acceptors (Lipinski definition) is 3. The molecule has 0 saturated heterocycles. The van der Waals surface area contributed by atoms with Crippen molar-refractivity contribution in [3.05, 3.63) is 57.0 Å². The van der Waals surface area contributed by atoms with Crippen molar-refractivity contribution in [2.45, 2.75) is 18.4 Å². The van der Waals surface area contributed by atoms with Crippen molar-refractivity contribution >= 4 is 43.2 Å². The van der Waals surface area contributed by atoms with E-state index in [1.165, 1.54) is 6.07 Å². The van der Waals surface area contributed by atoms with Crippen LogP contribution in [0.4, 0.5) is 5.69 Å². The van der Waals surface area contributed by atoms with E-state index < -0.39 is 10.0 Å². The van der Waals surface area contributed by atoms with Crippen LogP contribution < -0.4 is 10.5 Å². The molecular weight excluding hydrogens is 376 g/mol. The van der Waals surface area contributed by atoms with Crippen LogP contribution in [0.2, 0.25) is 5.02 Å². The van der Waals surface area contributed by atoms with Gasteiger partial charge in [-0.15, -0.1) is 0 Å². The fourth-order valence-corrected chi connectivity index (χ4v) is 4.23. The maximum atomic E-state index is 12.5. The zero-order chi connectivity index (χ0) is 15.6. The highest BCUT2D eigenvalue weighted by atomic mass is 79.9. The van der Waals surface area contributed by atoms with Gasteiger partial charge in [-0.1, -0.05) is 23.7 Å². The van der Waals surface area contributed by atoms with E-state index in [1.807, 2.05) is 0 Å². The maximum absolute atomic E-state index is 12.5. The van der Waals surface area contributed by atoms with Crippen LogP contribution in [0.3, 0.4) is 0 Å². The molecule has 3 N–H and O–H groups in total. The molecule has 0 amide bonds. The van der Waals surface area contributed by atoms with Crippen LogP contribution in [0, 0.1) is 6.92 Å². The van der Waals surface area contributed by atoms with E-state index in [2.05, 4.69) is 20.7 Å². The molecule has 0 saturated carbocycles. The standard InChI is InChI=1S/C14H14BrClN2O2S/c1-9-12(16)3-2-4-13(9)18-21(19,20)14-6-5-10(8-17)7-11(14)15/h2-7,18H,8,17H2,1H3. The van der Waals surface area contributed by atoms with Gasteiger partial charge in [0.25, 0.3) is 10.0 Å². The highest BCUT2D eigenvalue weighted by molar-refractivity contribution is 9.10. The van der Waals surface area contributed by atoms with Crippen LogP contribution in [-0.4, -0.2) is 8.42 Å². The third kappa shape index (κ3) is 3.58. The van der Waals surface area contributed by atoms with Gasteiger partial charge in [-0.25, -0.2) is 8.42 Å². The first-order chi connectivity index (χ1) is 9.85. The fraction of sp³-hybridized carbons (Fsp3) is 0.143. The van der Waals surface area contributed by atoms with Crippen molar-refractivity contribution in [1.82, 2.24) is 0 Å². The van der Waals surface area contributed by atoms with Crippen molar-refractivity contribution in [2.75, 3.05) is 4.72 Å². The predicted octanol–water partition coefficient (Wildman–Crippen LogP) is 3.67. The molecule has 0 radical (unpaired) electrons. The lowest BCUT2D eigenvalue weighted by molar-refractivity contribution is 0.600. The lowest BCUT2D eigenvalue weighted by Gasteiger charge is -2.13. The average Bonchev–Trinajstić information content (AvgIpc) is 2.43. The van der Waals surface area contributed by atoms with E-state index in [0.717, 1.165) is 5.56 Å². The van der Waals surface area contributed by atoms with Crippen molar-refractivity contribution in [1.29, 1.82) is 0 Å². The van der Waals surface area contributed by atoms with Crippen LogP contribution in [0.5, 0.6) is 0 Å². The molecule has 0 heterocycles. The number of anilines is 1. The normalized spacial score (nSPS) is 11.4. The Morgan fingerprint density at radius 3 is 2.62 bits per heavy atom. The van der Waals surface area contributed by atoms with E-state index >= 15 is 0 Å². The molecule has 0 spiro atoms. The quantitative estimate of drug-likeness (QED) is 0.838. The van der Waals surface area contributed by atoms with Crippen molar-refractivity contribution in [3.63, 3.8) is 0 Å². The Balaban J connectivity index is 2.41. The molecule has 2 aromatic rings. The molecule has 0 bridgehead atoms. The topological polar surface area (TPSA) is 72.2 Å². The van der Waals surface area contributed by atoms with Gasteiger partial charge >= 0.3 is 0 Å². The summed E-state index contributed by atoms with van der Waals surface area (Å²) in [5.41, 5.74) is 7.52. The molecule has 7 heteroatoms. The second kappa shape index (κ2) is 6.36. The summed E-state index contributed by atoms with van der Waals surface area (Å²) in [6.45, 7) is 2.10. The third-order valence-corrected chi connectivity index (χ3v) is 5.79. The summed E-state index contributed by atoms with van der Waals surface area (Å²) in [7, 11) is -3.70. The molecule has 2 aromatic carbocycles. The zero-order valence-electron chi connectivity index (χ0n) is 11.2. The Bertz CT molecular complexity index is 779. The van der Waals surface area contributed by atoms with Crippen molar-refractivity contribution < 1.29 is 8.42 Å². The van der Waals surface area contributed by atoms with E-state index in [4.69, 9.17) is 17.3 Å². The van der Waals surface area contributed by atoms with E-state index in [9.17, 15) is 8.42 Å². The molecule has 0 aliphatic heterocycles. The molecule has 0 aliphatic carbocycles. The van der Waals surface area contributed by atoms with Gasteiger partial charge in [0.1, 0.15) is 4.90 Å². The van der Waals surface area contributed by atoms with Gasteiger partial charge in [0.2, 0.25) is 0 Å². The molecule has 2 rings (SSSR count). The van der Waals surface area contributed by atoms with Crippen LogP contribution in [0.25, 0.3) is 0 Å². The first-order valence-corrected chi connectivity index (χ1v) is 8.77. The maximum Gasteiger partial charge on any atom is 0.263 e. The number of rotatable bonds is 4. The van der Waals surface area contributed by atoms with Gasteiger partial charge in [0.05, 0.1) is 5.69 Å². The third-order valence-electron chi connectivity index (χ3n) is 3.03. The summed E-state index contributed by atoms with van der Waals surface area (Å²) >= 11 is 9.27. The number of benzene rings is 2. The van der Waals surface area contributed by atoms with Crippen LogP contribution in [-0.2, 0) is 16.6 Å². The number of halogens is 2. The van der Waals surface area contributed by atoms with Gasteiger partial charge in [-0.2, -0.15) is 0 Å². The van der Waals surface area contributed by atoms with Gasteiger partial charge in [0.15, 0.2) is 0 Å². The highest BCUT2D eigenvalue weighted by Gasteiger charge is 2.19. The Morgan fingerprint density at radius 2 is 2.00 bits per heavy atom. The lowest BCUT2D eigenvalue weighted by Crippen LogP contribution is -2.14. The molecule has 4 nitrogen and oxygen atoms in total. The minimum atomic E-state index is -3.70. The molecule has 0 unspecified atom stereocenters. The zero-order valence-corrected chi connectivity index (χ0v) is 14.4. The number of sulfonamides is 1. The monoisotopic (exact) mass is 388 g/mol. The average molecular weight is 390 g/mol. The first-order valence-electron chi connectivity index (χ1n) is 6.11. The molecule has 0 aliphatic rings. The molecule has 0 atom stereocenters. The molecule has 0 aromatic heterocycles. The van der Waals surface area contributed by atoms with Gasteiger partial charge in [-0.05, 0) is 58.2 Å². The van der Waals surface area contributed by atoms with Crippen LogP contribution >= 0.6 is 27.5 Å². The molecule has 0 fully saturated rings. The second-order valence-corrected chi connectivity index (χ2v) is 7.40. The number of hydrogen-bond donors (Lipinski definition) is 2. The molecular formula is C14H14BrClN2O2S. The number of nitrogens with two attached hydrogens (primary N) is 1. The van der Waals surface area contributed by atoms with Gasteiger partial charge in [-0.3, -0.25) is 4.72 Å². The minimum absolute atomic E-state index is 0.152. The van der Waals surface area contributed by atoms with E-state index in [-0.39, 0.29) is 4.90 Å². The lowest BCUT2D eigenvalue weighted by atomic mass is 10.2. The highest BCUT2D eigenvalue weighted by Crippen LogP contribution is 2.28. The molecule has 21 heavy (non-hydrogen) atoms. The first kappa shape index (κ1) is 16.3. The van der Waals surface area contributed by atoms with Crippen molar-refractivity contribution in [2.24, 2.45) is 5.73 Å². The van der Waals surface area contributed by atoms with E-state index in [0.29, 0.717) is 27.3 Å². The Labute approximate surface area is 137 Å². The Morgan fingerprint density at radius 1 is 1.29 bits per heavy atom. The van der Waals surface area contributed by atoms with E-state index in [1.54, 1.807) is 37.3 Å². The smallest absolute Gasteiger partial charge is 0.263 e. The van der Waals surface area contributed by atoms with Gasteiger partial charge in [0, 0.05) is 16.0 Å². The van der Waals surface area contributed by atoms with Crippen molar-refractivity contribution in [3.8, 4) is 0 Å². The summed E-state index contributed by atoms with van der Waals surface area (Å²) in [6, 6.07) is 9.97. The summed E-state index contributed by atoms with van der Waals surface area (Å²) in [4.78, 5) is 0.152.